The van der Waals surface area contributed by atoms with Crippen molar-refractivity contribution in [3.05, 3.63) is 89.5 Å². The van der Waals surface area contributed by atoms with Gasteiger partial charge in [-0.1, -0.05) is 60.7 Å². The van der Waals surface area contributed by atoms with Crippen LogP contribution in [0, 0.1) is 0 Å². The summed E-state index contributed by atoms with van der Waals surface area (Å²) in [5, 5.41) is 6.68. The van der Waals surface area contributed by atoms with Crippen LogP contribution in [0.2, 0.25) is 0 Å². The first kappa shape index (κ1) is 28.5. The lowest BCUT2D eigenvalue weighted by Gasteiger charge is -2.32. The monoisotopic (exact) mass is 531 g/mol. The third-order valence-corrected chi connectivity index (χ3v) is 7.17. The van der Waals surface area contributed by atoms with E-state index in [-0.39, 0.29) is 5.91 Å². The van der Waals surface area contributed by atoms with Crippen LogP contribution in [0.3, 0.4) is 0 Å². The van der Waals surface area contributed by atoms with Gasteiger partial charge in [-0.05, 0) is 68.6 Å². The van der Waals surface area contributed by atoms with Gasteiger partial charge in [0.1, 0.15) is 6.61 Å². The molecular weight excluding hydrogens is 490 g/mol. The Morgan fingerprint density at radius 1 is 0.872 bits per heavy atom. The normalized spacial score (nSPS) is 14.1. The Morgan fingerprint density at radius 2 is 1.49 bits per heavy atom. The molecule has 1 amide bonds. The van der Waals surface area contributed by atoms with Gasteiger partial charge >= 0.3 is 0 Å². The van der Waals surface area contributed by atoms with Gasteiger partial charge in [-0.2, -0.15) is 0 Å². The lowest BCUT2D eigenvalue weighted by atomic mass is 10.0. The largest absolute Gasteiger partial charge is 0.493 e. The van der Waals surface area contributed by atoms with Gasteiger partial charge in [0.25, 0.3) is 5.91 Å². The number of likely N-dealkylation sites (tertiary alicyclic amines) is 1. The van der Waals surface area contributed by atoms with Crippen molar-refractivity contribution in [1.29, 1.82) is 0 Å². The average Bonchev–Trinajstić information content (AvgIpc) is 2.99. The second-order valence-electron chi connectivity index (χ2n) is 9.90. The summed E-state index contributed by atoms with van der Waals surface area (Å²) >= 11 is 0. The van der Waals surface area contributed by atoms with Crippen molar-refractivity contribution in [2.45, 2.75) is 38.3 Å². The van der Waals surface area contributed by atoms with Gasteiger partial charge in [-0.25, -0.2) is 0 Å². The third kappa shape index (κ3) is 8.73. The molecule has 1 saturated heterocycles. The van der Waals surface area contributed by atoms with Crippen LogP contribution in [0.15, 0.2) is 72.8 Å². The minimum Gasteiger partial charge on any atom is -0.493 e. The number of hydrogen-bond acceptors (Lipinski definition) is 6. The first-order valence-electron chi connectivity index (χ1n) is 13.9. The van der Waals surface area contributed by atoms with E-state index in [1.165, 1.54) is 18.4 Å². The summed E-state index contributed by atoms with van der Waals surface area (Å²) in [6.45, 7) is 5.25. The fourth-order valence-electron chi connectivity index (χ4n) is 4.87. The molecule has 0 atom stereocenters. The van der Waals surface area contributed by atoms with Crippen molar-refractivity contribution >= 4 is 5.91 Å². The third-order valence-electron chi connectivity index (χ3n) is 7.17. The van der Waals surface area contributed by atoms with Gasteiger partial charge in [0.2, 0.25) is 5.75 Å². The van der Waals surface area contributed by atoms with Crippen LogP contribution in [0.25, 0.3) is 0 Å². The van der Waals surface area contributed by atoms with E-state index in [0.29, 0.717) is 42.0 Å². The fraction of sp³-hybridized carbons (Fsp3) is 0.406. The predicted octanol–water partition coefficient (Wildman–Crippen LogP) is 4.70. The predicted molar refractivity (Wildman–Crippen MR) is 155 cm³/mol. The van der Waals surface area contributed by atoms with Crippen molar-refractivity contribution in [3.63, 3.8) is 0 Å². The maximum absolute atomic E-state index is 12.8. The molecule has 4 rings (SSSR count). The summed E-state index contributed by atoms with van der Waals surface area (Å²) < 4.78 is 17.0. The zero-order valence-corrected chi connectivity index (χ0v) is 23.2. The zero-order chi connectivity index (χ0) is 27.3. The number of amides is 1. The highest BCUT2D eigenvalue weighted by atomic mass is 16.5. The highest BCUT2D eigenvalue weighted by Crippen LogP contribution is 2.39. The molecule has 2 N–H and O–H groups in total. The Morgan fingerprint density at radius 3 is 2.10 bits per heavy atom. The van der Waals surface area contributed by atoms with Crippen LogP contribution in [0.1, 0.15) is 40.7 Å². The van der Waals surface area contributed by atoms with Gasteiger partial charge in [0, 0.05) is 24.7 Å². The van der Waals surface area contributed by atoms with E-state index in [1.807, 2.05) is 30.3 Å². The number of carbonyl (C=O) groups excluding carboxylic acids is 1. The van der Waals surface area contributed by atoms with Gasteiger partial charge in [-0.3, -0.25) is 4.79 Å². The summed E-state index contributed by atoms with van der Waals surface area (Å²) in [5.41, 5.74) is 2.92. The van der Waals surface area contributed by atoms with E-state index < -0.39 is 0 Å². The minimum atomic E-state index is -0.159. The minimum absolute atomic E-state index is 0.159. The molecule has 0 radical (unpaired) electrons. The number of rotatable bonds is 14. The Labute approximate surface area is 232 Å². The van der Waals surface area contributed by atoms with E-state index in [4.69, 9.17) is 14.2 Å². The maximum Gasteiger partial charge on any atom is 0.251 e. The molecule has 0 bridgehead atoms. The van der Waals surface area contributed by atoms with Crippen molar-refractivity contribution in [1.82, 2.24) is 15.5 Å². The fourth-order valence-corrected chi connectivity index (χ4v) is 4.87. The van der Waals surface area contributed by atoms with E-state index in [0.717, 1.165) is 44.6 Å². The average molecular weight is 532 g/mol. The molecule has 0 saturated carbocycles. The molecular formula is C32H41N3O4. The van der Waals surface area contributed by atoms with E-state index in [2.05, 4.69) is 45.9 Å². The number of hydrogen-bond donors (Lipinski definition) is 2. The SMILES string of the molecule is COc1cc(C(=O)NCCCNC2CCN(CCc3ccccc3)CC2)cc(OC)c1OCc1ccccc1. The first-order valence-corrected chi connectivity index (χ1v) is 13.9. The van der Waals surface area contributed by atoms with Crippen molar-refractivity contribution in [2.75, 3.05) is 46.9 Å². The summed E-state index contributed by atoms with van der Waals surface area (Å²) in [6.07, 6.45) is 4.31. The van der Waals surface area contributed by atoms with Crippen molar-refractivity contribution in [2.24, 2.45) is 0 Å². The van der Waals surface area contributed by atoms with Gasteiger partial charge < -0.3 is 29.7 Å². The Bertz CT molecular complexity index is 1120. The molecule has 0 unspecified atom stereocenters. The van der Waals surface area contributed by atoms with Crippen LogP contribution in [-0.4, -0.2) is 63.8 Å². The summed E-state index contributed by atoms with van der Waals surface area (Å²) in [7, 11) is 3.12. The van der Waals surface area contributed by atoms with E-state index in [1.54, 1.807) is 26.4 Å². The molecule has 0 spiro atoms. The molecule has 208 valence electrons. The molecule has 3 aromatic carbocycles. The first-order chi connectivity index (χ1) is 19.2. The van der Waals surface area contributed by atoms with Crippen molar-refractivity contribution < 1.29 is 19.0 Å². The molecule has 0 aliphatic carbocycles. The van der Waals surface area contributed by atoms with Crippen LogP contribution in [0.4, 0.5) is 0 Å². The quantitative estimate of drug-likeness (QED) is 0.294. The van der Waals surface area contributed by atoms with E-state index in [9.17, 15) is 4.79 Å². The van der Waals surface area contributed by atoms with Gasteiger partial charge in [0.15, 0.2) is 11.5 Å². The second kappa shape index (κ2) is 15.1. The molecule has 0 aromatic heterocycles. The molecule has 7 nitrogen and oxygen atoms in total. The molecule has 1 fully saturated rings. The summed E-state index contributed by atoms with van der Waals surface area (Å²) in [5.74, 6) is 1.25. The summed E-state index contributed by atoms with van der Waals surface area (Å²) in [4.78, 5) is 15.4. The van der Waals surface area contributed by atoms with Gasteiger partial charge in [-0.15, -0.1) is 0 Å². The molecule has 3 aromatic rings. The second-order valence-corrected chi connectivity index (χ2v) is 9.90. The zero-order valence-electron chi connectivity index (χ0n) is 23.2. The summed E-state index contributed by atoms with van der Waals surface area (Å²) in [6, 6.07) is 24.5. The Hall–Kier alpha value is -3.55. The number of carbonyl (C=O) groups is 1. The molecule has 1 heterocycles. The Kier molecular flexibility index (Phi) is 11.1. The number of nitrogens with zero attached hydrogens (tertiary/aromatic N) is 1. The van der Waals surface area contributed by atoms with Crippen LogP contribution >= 0.6 is 0 Å². The number of benzene rings is 3. The number of methoxy groups -OCH3 is 2. The van der Waals surface area contributed by atoms with Crippen LogP contribution in [-0.2, 0) is 13.0 Å². The molecule has 39 heavy (non-hydrogen) atoms. The maximum atomic E-state index is 12.8. The van der Waals surface area contributed by atoms with E-state index >= 15 is 0 Å². The highest BCUT2D eigenvalue weighted by molar-refractivity contribution is 5.95. The van der Waals surface area contributed by atoms with Gasteiger partial charge in [0.05, 0.1) is 14.2 Å². The number of piperidine rings is 1. The number of ether oxygens (including phenoxy) is 3. The highest BCUT2D eigenvalue weighted by Gasteiger charge is 2.19. The standard InChI is InChI=1S/C32H41N3O4/c1-37-29-22-27(23-30(38-2)31(29)39-24-26-12-7-4-8-13-26)32(36)34-18-9-17-33-28-15-20-35(21-16-28)19-14-25-10-5-3-6-11-25/h3-8,10-13,22-23,28,33H,9,14-21,24H2,1-2H3,(H,34,36). The molecule has 1 aliphatic heterocycles. The lowest BCUT2D eigenvalue weighted by molar-refractivity contribution is 0.0952. The Balaban J connectivity index is 1.16. The topological polar surface area (TPSA) is 72.1 Å². The van der Waals surface area contributed by atoms with Crippen LogP contribution < -0.4 is 24.8 Å². The van der Waals surface area contributed by atoms with Crippen LogP contribution in [0.5, 0.6) is 17.2 Å². The molecule has 7 heteroatoms. The lowest BCUT2D eigenvalue weighted by Crippen LogP contribution is -2.43. The molecule has 1 aliphatic rings. The number of nitrogens with one attached hydrogen (secondary N) is 2. The smallest absolute Gasteiger partial charge is 0.251 e. The van der Waals surface area contributed by atoms with Crippen molar-refractivity contribution in [3.8, 4) is 17.2 Å².